The van der Waals surface area contributed by atoms with Crippen LogP contribution in [0.2, 0.25) is 0 Å². The van der Waals surface area contributed by atoms with E-state index in [1.165, 1.54) is 38.6 Å². The molecule has 0 aromatic rings. The van der Waals surface area contributed by atoms with Crippen LogP contribution in [0.3, 0.4) is 0 Å². The van der Waals surface area contributed by atoms with Gasteiger partial charge in [0.15, 0.2) is 0 Å². The van der Waals surface area contributed by atoms with Crippen LogP contribution in [-0.4, -0.2) is 374 Å². The summed E-state index contributed by atoms with van der Waals surface area (Å²) in [6.07, 6.45) is 0. The number of nitrogens with zero attached hydrogens (tertiary/aromatic N) is 9. The smallest absolute Gasteiger partial charge is 0.317 e. The molecule has 0 heterocycles. The van der Waals surface area contributed by atoms with E-state index >= 15 is 0 Å². The van der Waals surface area contributed by atoms with E-state index in [2.05, 4.69) is 31.9 Å². The van der Waals surface area contributed by atoms with Gasteiger partial charge in [0.25, 0.3) is 0 Å². The fraction of sp³-hybridized carbons (Fsp3) is 0.729. The SMILES string of the molecule is CCN(CCN(CCN(CC(=O)O)CC(=O)NCCNC(=O)CN(CCN(CCN(CC(=O)O)CC(=O)NCCNC(=O)CN(CCN(CCN(CC)CC(=O)NC)CC(=O)O)CC(=O)O)CC(=O)O)CC(=O)O)CC(=O)O)CC(=O)NC. The quantitative estimate of drug-likeness (QED) is 0.0252. The predicted molar refractivity (Wildman–Crippen MR) is 293 cm³/mol. The highest BCUT2D eigenvalue weighted by molar-refractivity contribution is 5.82. The van der Waals surface area contributed by atoms with E-state index in [1.807, 2.05) is 13.8 Å². The molecule has 35 heteroatoms. The first-order chi connectivity index (χ1) is 39.2. The third-order valence-corrected chi connectivity index (χ3v) is 12.1. The first-order valence-corrected chi connectivity index (χ1v) is 26.7. The molecular formula is C48H87N15O20. The van der Waals surface area contributed by atoms with Crippen molar-refractivity contribution < 1.29 is 98.1 Å². The molecule has 0 atom stereocenters. The van der Waals surface area contributed by atoms with Crippen LogP contribution in [0.15, 0.2) is 0 Å². The van der Waals surface area contributed by atoms with Gasteiger partial charge in [-0.1, -0.05) is 13.8 Å². The van der Waals surface area contributed by atoms with Crippen molar-refractivity contribution in [3.8, 4) is 0 Å². The molecule has 0 rings (SSSR count). The fourth-order valence-corrected chi connectivity index (χ4v) is 7.81. The zero-order valence-electron chi connectivity index (χ0n) is 47.9. The summed E-state index contributed by atoms with van der Waals surface area (Å²) >= 11 is 0. The van der Waals surface area contributed by atoms with Gasteiger partial charge >= 0.3 is 41.8 Å². The minimum Gasteiger partial charge on any atom is -0.480 e. The number of hydrogen-bond acceptors (Lipinski definition) is 22. The molecule has 6 amide bonds. The molecule has 0 aliphatic carbocycles. The number of aliphatic carboxylic acids is 7. The largest absolute Gasteiger partial charge is 0.480 e. The first kappa shape index (κ1) is 75.8. The summed E-state index contributed by atoms with van der Waals surface area (Å²) in [6, 6.07) is 0. The second kappa shape index (κ2) is 44.3. The van der Waals surface area contributed by atoms with Gasteiger partial charge in [0, 0.05) is 119 Å². The highest BCUT2D eigenvalue weighted by Gasteiger charge is 2.23. The van der Waals surface area contributed by atoms with Gasteiger partial charge in [-0.25, -0.2) is 0 Å². The lowest BCUT2D eigenvalue weighted by atomic mass is 10.3. The first-order valence-electron chi connectivity index (χ1n) is 26.7. The van der Waals surface area contributed by atoms with Gasteiger partial charge in [0.1, 0.15) is 0 Å². The number of rotatable bonds is 52. The van der Waals surface area contributed by atoms with E-state index in [0.717, 1.165) is 0 Å². The Balaban J connectivity index is 5.35. The second-order valence-corrected chi connectivity index (χ2v) is 18.9. The van der Waals surface area contributed by atoms with Crippen molar-refractivity contribution in [2.45, 2.75) is 13.8 Å². The molecule has 83 heavy (non-hydrogen) atoms. The Kier molecular flexibility index (Phi) is 40.5. The topological polar surface area (TPSA) is 465 Å². The fourth-order valence-electron chi connectivity index (χ4n) is 7.81. The van der Waals surface area contributed by atoms with Crippen LogP contribution in [0.5, 0.6) is 0 Å². The molecule has 0 radical (unpaired) electrons. The molecule has 13 N–H and O–H groups in total. The van der Waals surface area contributed by atoms with Crippen molar-refractivity contribution in [2.75, 3.05) is 217 Å². The molecule has 0 aromatic carbocycles. The number of carboxylic acid groups (broad SMARTS) is 7. The molecule has 0 saturated carbocycles. The lowest BCUT2D eigenvalue weighted by Gasteiger charge is -2.28. The van der Waals surface area contributed by atoms with Crippen molar-refractivity contribution in [3.63, 3.8) is 0 Å². The average Bonchev–Trinajstić information content (AvgIpc) is 3.38. The third kappa shape index (κ3) is 42.3. The monoisotopic (exact) mass is 1190 g/mol. The maximum atomic E-state index is 12.9. The van der Waals surface area contributed by atoms with Crippen LogP contribution in [0.25, 0.3) is 0 Å². The van der Waals surface area contributed by atoms with E-state index in [-0.39, 0.29) is 130 Å². The van der Waals surface area contributed by atoms with Crippen molar-refractivity contribution in [2.24, 2.45) is 0 Å². The van der Waals surface area contributed by atoms with Gasteiger partial charge in [-0.3, -0.25) is 106 Å². The Labute approximate surface area is 481 Å². The van der Waals surface area contributed by atoms with Crippen molar-refractivity contribution in [1.82, 2.24) is 76.0 Å². The highest BCUT2D eigenvalue weighted by atomic mass is 16.4. The predicted octanol–water partition coefficient (Wildman–Crippen LogP) is -8.71. The minimum absolute atomic E-state index is 0.00703. The van der Waals surface area contributed by atoms with Gasteiger partial charge in [-0.2, -0.15) is 0 Å². The Morgan fingerprint density at radius 1 is 0.241 bits per heavy atom. The number of carboxylic acids is 7. The molecule has 0 unspecified atom stereocenters. The number of likely N-dealkylation sites (N-methyl/N-ethyl adjacent to an activating group) is 4. The van der Waals surface area contributed by atoms with E-state index in [0.29, 0.717) is 26.2 Å². The van der Waals surface area contributed by atoms with E-state index in [9.17, 15) is 98.1 Å². The van der Waals surface area contributed by atoms with Crippen molar-refractivity contribution >= 4 is 77.2 Å². The molecule has 0 aliphatic heterocycles. The summed E-state index contributed by atoms with van der Waals surface area (Å²) in [5, 5.41) is 81.7. The molecule has 0 aromatic heterocycles. The van der Waals surface area contributed by atoms with E-state index < -0.39 is 124 Å². The second-order valence-electron chi connectivity index (χ2n) is 18.9. The van der Waals surface area contributed by atoms with Gasteiger partial charge in [-0.15, -0.1) is 0 Å². The van der Waals surface area contributed by atoms with Crippen LogP contribution >= 0.6 is 0 Å². The number of hydrogen-bond donors (Lipinski definition) is 13. The maximum absolute atomic E-state index is 12.9. The summed E-state index contributed by atoms with van der Waals surface area (Å²) < 4.78 is 0. The summed E-state index contributed by atoms with van der Waals surface area (Å²) in [5.74, 6) is -11.7. The molecule has 0 saturated heterocycles. The van der Waals surface area contributed by atoms with Gasteiger partial charge in [0.2, 0.25) is 35.4 Å². The summed E-state index contributed by atoms with van der Waals surface area (Å²) in [4.78, 5) is 170. The maximum Gasteiger partial charge on any atom is 0.317 e. The van der Waals surface area contributed by atoms with E-state index in [1.54, 1.807) is 19.6 Å². The van der Waals surface area contributed by atoms with Gasteiger partial charge in [0.05, 0.1) is 85.1 Å². The number of carbonyl (C=O) groups excluding carboxylic acids is 6. The molecule has 35 nitrogen and oxygen atoms in total. The summed E-state index contributed by atoms with van der Waals surface area (Å²) in [6.45, 7) is -0.465. The van der Waals surface area contributed by atoms with Crippen LogP contribution in [0.1, 0.15) is 13.8 Å². The minimum atomic E-state index is -1.32. The lowest BCUT2D eigenvalue weighted by Crippen LogP contribution is -2.48. The van der Waals surface area contributed by atoms with Crippen molar-refractivity contribution in [1.29, 1.82) is 0 Å². The zero-order valence-corrected chi connectivity index (χ0v) is 47.9. The number of carbonyl (C=O) groups is 13. The molecule has 474 valence electrons. The van der Waals surface area contributed by atoms with Crippen LogP contribution < -0.4 is 31.9 Å². The molecule has 0 aliphatic rings. The van der Waals surface area contributed by atoms with Gasteiger partial charge in [-0.05, 0) is 13.1 Å². The zero-order chi connectivity index (χ0) is 62.9. The van der Waals surface area contributed by atoms with Gasteiger partial charge < -0.3 is 67.6 Å². The third-order valence-electron chi connectivity index (χ3n) is 12.1. The van der Waals surface area contributed by atoms with Crippen molar-refractivity contribution in [3.05, 3.63) is 0 Å². The molecular weight excluding hydrogens is 1110 g/mol. The standard InChI is InChI=1S/C48H87N15O20/c1-5-55(23-36(64)49-3)11-13-57(29-42(70)71)15-19-60(32-45(76)77)25-38(66)51-7-9-53-40(68)27-62(34-47(80)81)21-17-59(31-44(74)75)18-22-63(35-48(82)83)28-41(69)54-10-8-52-39(67)26-61(33-46(78)79)20-16-58(30-43(72)73)14-12-56(6-2)24-37(65)50-4/h5-35H2,1-4H3,(H,49,64)(H,50,65)(H,51,66)(H,52,67)(H,53,68)(H,54,69)(H,70,71)(H,72,73)(H,74,75)(H,76,77)(H,78,79)(H,80,81)(H,82,83). The Hall–Kier alpha value is -7.25. The summed E-state index contributed by atoms with van der Waals surface area (Å²) in [7, 11) is 2.98. The molecule has 0 bridgehead atoms. The Bertz CT molecular complexity index is 1960. The van der Waals surface area contributed by atoms with Crippen LogP contribution in [0.4, 0.5) is 0 Å². The Morgan fingerprint density at radius 3 is 0.566 bits per heavy atom. The van der Waals surface area contributed by atoms with Crippen LogP contribution in [-0.2, 0) is 62.3 Å². The molecule has 0 spiro atoms. The number of amides is 6. The highest BCUT2D eigenvalue weighted by Crippen LogP contribution is 2.01. The Morgan fingerprint density at radius 2 is 0.398 bits per heavy atom. The average molecular weight is 1190 g/mol. The van der Waals surface area contributed by atoms with Crippen LogP contribution in [0, 0.1) is 0 Å². The molecule has 0 fully saturated rings. The van der Waals surface area contributed by atoms with E-state index in [4.69, 9.17) is 0 Å². The normalized spacial score (nSPS) is 11.4. The number of nitrogens with one attached hydrogen (secondary N) is 6. The summed E-state index contributed by atoms with van der Waals surface area (Å²) in [5.41, 5.74) is 0. The lowest BCUT2D eigenvalue weighted by molar-refractivity contribution is -0.141.